The molecule has 86 valence electrons. The van der Waals surface area contributed by atoms with Crippen molar-refractivity contribution >= 4 is 5.97 Å². The minimum atomic E-state index is -0.394. The molecule has 1 atom stereocenters. The zero-order chi connectivity index (χ0) is 12.0. The lowest BCUT2D eigenvalue weighted by Crippen LogP contribution is -2.35. The van der Waals surface area contributed by atoms with Crippen molar-refractivity contribution in [1.82, 2.24) is 5.32 Å². The van der Waals surface area contributed by atoms with Gasteiger partial charge in [0, 0.05) is 12.0 Å². The number of carbonyl (C=O) groups is 1. The summed E-state index contributed by atoms with van der Waals surface area (Å²) in [5.74, 6) is -0.243. The van der Waals surface area contributed by atoms with Crippen molar-refractivity contribution in [2.24, 2.45) is 0 Å². The molecule has 0 fully saturated rings. The second-order valence-corrected chi connectivity index (χ2v) is 3.29. The molecule has 1 aliphatic carbocycles. The van der Waals surface area contributed by atoms with Gasteiger partial charge in [0.05, 0.1) is 6.61 Å². The van der Waals surface area contributed by atoms with Crippen LogP contribution in [-0.2, 0) is 9.53 Å². The van der Waals surface area contributed by atoms with Gasteiger partial charge in [0.25, 0.3) is 0 Å². The average Bonchev–Trinajstić information content (AvgIpc) is 2.28. The summed E-state index contributed by atoms with van der Waals surface area (Å²) in [6.45, 7) is 2.13. The minimum Gasteiger partial charge on any atom is -0.501 e. The summed E-state index contributed by atoms with van der Waals surface area (Å²) >= 11 is 0. The molecular formula is C12H15NO3. The van der Waals surface area contributed by atoms with Gasteiger partial charge in [0.2, 0.25) is 0 Å². The van der Waals surface area contributed by atoms with E-state index in [0.717, 1.165) is 5.57 Å². The summed E-state index contributed by atoms with van der Waals surface area (Å²) < 4.78 is 4.92. The Labute approximate surface area is 94.6 Å². The SMILES string of the molecule is CCOC(=O)C(CC1=C=C=C(O)C=C1)NC. The first-order valence-corrected chi connectivity index (χ1v) is 5.13. The van der Waals surface area contributed by atoms with Crippen molar-refractivity contribution in [2.75, 3.05) is 13.7 Å². The molecule has 0 saturated heterocycles. The second kappa shape index (κ2) is 5.99. The molecule has 1 aliphatic rings. The summed E-state index contributed by atoms with van der Waals surface area (Å²) in [4.78, 5) is 11.5. The van der Waals surface area contributed by atoms with Crippen molar-refractivity contribution in [3.05, 3.63) is 34.9 Å². The van der Waals surface area contributed by atoms with E-state index in [9.17, 15) is 4.79 Å². The van der Waals surface area contributed by atoms with Gasteiger partial charge in [-0.05, 0) is 31.9 Å². The molecule has 2 N–H and O–H groups in total. The number of allylic oxidation sites excluding steroid dienone is 2. The molecule has 0 aromatic carbocycles. The Kier molecular flexibility index (Phi) is 4.62. The largest absolute Gasteiger partial charge is 0.501 e. The number of aliphatic hydroxyl groups is 1. The van der Waals surface area contributed by atoms with E-state index in [1.165, 1.54) is 6.08 Å². The highest BCUT2D eigenvalue weighted by atomic mass is 16.5. The Balaban J connectivity index is 2.69. The first-order valence-electron chi connectivity index (χ1n) is 5.13. The van der Waals surface area contributed by atoms with Crippen molar-refractivity contribution in [2.45, 2.75) is 19.4 Å². The van der Waals surface area contributed by atoms with E-state index in [-0.39, 0.29) is 11.7 Å². The summed E-state index contributed by atoms with van der Waals surface area (Å²) in [7, 11) is 1.70. The fourth-order valence-corrected chi connectivity index (χ4v) is 1.29. The van der Waals surface area contributed by atoms with Crippen LogP contribution in [0.15, 0.2) is 34.9 Å². The standard InChI is InChI=1S/C12H15NO3/c1-3-16-12(15)11(13-2)8-9-4-6-10(14)7-5-9/h4,6,11,13-14H,3,8H2,1-2H3. The van der Waals surface area contributed by atoms with Gasteiger partial charge in [-0.2, -0.15) is 0 Å². The van der Waals surface area contributed by atoms with E-state index in [1.54, 1.807) is 20.0 Å². The third-order valence-electron chi connectivity index (χ3n) is 2.14. The maximum absolute atomic E-state index is 11.5. The predicted octanol–water partition coefficient (Wildman–Crippen LogP) is 1.22. The molecule has 0 aliphatic heterocycles. The fraction of sp³-hybridized carbons (Fsp3) is 0.417. The molecule has 4 nitrogen and oxygen atoms in total. The van der Waals surface area contributed by atoms with Crippen LogP contribution in [-0.4, -0.2) is 30.8 Å². The monoisotopic (exact) mass is 221 g/mol. The Morgan fingerprint density at radius 1 is 1.56 bits per heavy atom. The number of aliphatic hydroxyl groups excluding tert-OH is 1. The molecule has 0 radical (unpaired) electrons. The molecule has 0 spiro atoms. The molecule has 0 heterocycles. The van der Waals surface area contributed by atoms with Gasteiger partial charge >= 0.3 is 5.97 Å². The Hall–Kier alpha value is -1.73. The average molecular weight is 221 g/mol. The van der Waals surface area contributed by atoms with Crippen LogP contribution in [0.5, 0.6) is 0 Å². The minimum absolute atomic E-state index is 0.0425. The van der Waals surface area contributed by atoms with Gasteiger partial charge in [0.1, 0.15) is 6.04 Å². The van der Waals surface area contributed by atoms with E-state index >= 15 is 0 Å². The second-order valence-electron chi connectivity index (χ2n) is 3.29. The molecule has 0 bridgehead atoms. The zero-order valence-electron chi connectivity index (χ0n) is 9.41. The van der Waals surface area contributed by atoms with E-state index in [4.69, 9.17) is 9.84 Å². The number of ether oxygens (including phenoxy) is 1. The lowest BCUT2D eigenvalue weighted by molar-refractivity contribution is -0.145. The highest BCUT2D eigenvalue weighted by Gasteiger charge is 2.18. The molecule has 0 aromatic rings. The maximum Gasteiger partial charge on any atom is 0.323 e. The van der Waals surface area contributed by atoms with Gasteiger partial charge < -0.3 is 15.2 Å². The van der Waals surface area contributed by atoms with E-state index in [2.05, 4.69) is 16.8 Å². The van der Waals surface area contributed by atoms with Gasteiger partial charge in [-0.25, -0.2) is 0 Å². The smallest absolute Gasteiger partial charge is 0.323 e. The number of nitrogens with one attached hydrogen (secondary N) is 1. The van der Waals surface area contributed by atoms with E-state index in [0.29, 0.717) is 13.0 Å². The molecular weight excluding hydrogens is 206 g/mol. The number of hydrogen-bond acceptors (Lipinski definition) is 4. The van der Waals surface area contributed by atoms with Crippen LogP contribution >= 0.6 is 0 Å². The van der Waals surface area contributed by atoms with Gasteiger partial charge in [-0.1, -0.05) is 5.73 Å². The molecule has 0 amide bonds. The fourth-order valence-electron chi connectivity index (χ4n) is 1.29. The quantitative estimate of drug-likeness (QED) is 0.541. The van der Waals surface area contributed by atoms with Gasteiger partial charge in [0.15, 0.2) is 5.76 Å². The van der Waals surface area contributed by atoms with Crippen molar-refractivity contribution < 1.29 is 14.6 Å². The highest BCUT2D eigenvalue weighted by Crippen LogP contribution is 2.10. The Bertz CT molecular complexity index is 396. The lowest BCUT2D eigenvalue weighted by Gasteiger charge is -2.14. The maximum atomic E-state index is 11.5. The van der Waals surface area contributed by atoms with Crippen molar-refractivity contribution in [3.63, 3.8) is 0 Å². The molecule has 4 heteroatoms. The number of carbonyl (C=O) groups excluding carboxylic acids is 1. The molecule has 1 rings (SSSR count). The van der Waals surface area contributed by atoms with Crippen molar-refractivity contribution in [1.29, 1.82) is 0 Å². The molecule has 0 aromatic heterocycles. The van der Waals surface area contributed by atoms with Crippen LogP contribution in [0.4, 0.5) is 0 Å². The number of hydrogen-bond donors (Lipinski definition) is 2. The number of likely N-dealkylation sites (N-methyl/N-ethyl adjacent to an activating group) is 1. The van der Waals surface area contributed by atoms with Crippen molar-refractivity contribution in [3.8, 4) is 0 Å². The zero-order valence-corrected chi connectivity index (χ0v) is 9.41. The first-order chi connectivity index (χ1) is 7.67. The van der Waals surface area contributed by atoms with Crippen LogP contribution in [0, 0.1) is 0 Å². The molecule has 0 saturated carbocycles. The third-order valence-corrected chi connectivity index (χ3v) is 2.14. The Morgan fingerprint density at radius 2 is 2.31 bits per heavy atom. The highest BCUT2D eigenvalue weighted by molar-refractivity contribution is 5.76. The van der Waals surface area contributed by atoms with Crippen LogP contribution in [0.25, 0.3) is 0 Å². The number of rotatable bonds is 5. The van der Waals surface area contributed by atoms with Crippen LogP contribution in [0.3, 0.4) is 0 Å². The van der Waals surface area contributed by atoms with E-state index in [1.807, 2.05) is 0 Å². The summed E-state index contributed by atoms with van der Waals surface area (Å²) in [5, 5.41) is 11.9. The molecule has 1 unspecified atom stereocenters. The number of esters is 1. The normalized spacial score (nSPS) is 15.4. The van der Waals surface area contributed by atoms with E-state index < -0.39 is 6.04 Å². The van der Waals surface area contributed by atoms with Crippen LogP contribution in [0.2, 0.25) is 0 Å². The summed E-state index contributed by atoms with van der Waals surface area (Å²) in [5.41, 5.74) is 6.12. The lowest BCUT2D eigenvalue weighted by atomic mass is 10.1. The third kappa shape index (κ3) is 3.44. The summed E-state index contributed by atoms with van der Waals surface area (Å²) in [6, 6.07) is -0.394. The topological polar surface area (TPSA) is 58.6 Å². The molecule has 16 heavy (non-hydrogen) atoms. The van der Waals surface area contributed by atoms with Gasteiger partial charge in [-0.3, -0.25) is 4.79 Å². The van der Waals surface area contributed by atoms with Crippen LogP contribution in [0.1, 0.15) is 13.3 Å². The first kappa shape index (κ1) is 12.3. The van der Waals surface area contributed by atoms with Crippen LogP contribution < -0.4 is 5.32 Å². The summed E-state index contributed by atoms with van der Waals surface area (Å²) in [6.07, 6.45) is 3.69. The van der Waals surface area contributed by atoms with Gasteiger partial charge in [-0.15, -0.1) is 0 Å². The predicted molar refractivity (Wildman–Crippen MR) is 59.9 cm³/mol. The Morgan fingerprint density at radius 3 is 2.81 bits per heavy atom.